The van der Waals surface area contributed by atoms with Gasteiger partial charge in [-0.1, -0.05) is 11.6 Å². The van der Waals surface area contributed by atoms with Gasteiger partial charge < -0.3 is 14.9 Å². The zero-order chi connectivity index (χ0) is 13.8. The first-order chi connectivity index (χ1) is 9.13. The third kappa shape index (κ3) is 3.13. The molecule has 1 aromatic heterocycles. The zero-order valence-corrected chi connectivity index (χ0v) is 11.6. The third-order valence-corrected chi connectivity index (χ3v) is 3.55. The van der Waals surface area contributed by atoms with Crippen LogP contribution in [0.2, 0.25) is 5.15 Å². The molecule has 6 nitrogen and oxygen atoms in total. The summed E-state index contributed by atoms with van der Waals surface area (Å²) >= 11 is 5.90. The molecule has 0 saturated carbocycles. The van der Waals surface area contributed by atoms with Crippen LogP contribution in [0.5, 0.6) is 0 Å². The van der Waals surface area contributed by atoms with Crippen LogP contribution in [0, 0.1) is 0 Å². The number of carbonyl (C=O) groups is 1. The van der Waals surface area contributed by atoms with Crippen molar-refractivity contribution >= 4 is 23.3 Å². The van der Waals surface area contributed by atoms with Gasteiger partial charge >= 0.3 is 0 Å². The highest BCUT2D eigenvalue weighted by Crippen LogP contribution is 2.22. The maximum atomic E-state index is 12.1. The Bertz CT molecular complexity index is 463. The van der Waals surface area contributed by atoms with Crippen molar-refractivity contribution < 1.29 is 9.90 Å². The van der Waals surface area contributed by atoms with E-state index in [-0.39, 0.29) is 24.2 Å². The molecule has 0 bridgehead atoms. The molecule has 0 aromatic carbocycles. The molecule has 1 aromatic rings. The molecule has 0 unspecified atom stereocenters. The van der Waals surface area contributed by atoms with Crippen molar-refractivity contribution in [3.05, 3.63) is 17.0 Å². The highest BCUT2D eigenvalue weighted by atomic mass is 35.5. The van der Waals surface area contributed by atoms with Gasteiger partial charge in [-0.15, -0.1) is 0 Å². The number of rotatable bonds is 4. The Labute approximate surface area is 117 Å². The van der Waals surface area contributed by atoms with E-state index in [2.05, 4.69) is 9.97 Å². The topological polar surface area (TPSA) is 69.6 Å². The van der Waals surface area contributed by atoms with Crippen LogP contribution in [0.4, 0.5) is 5.82 Å². The molecule has 0 atom stereocenters. The zero-order valence-electron chi connectivity index (χ0n) is 10.8. The standard InChI is InChI=1S/C12H17ClN4O2/c1-16(6-10(19)17-4-2-3-5-17)12-9(7-18)11(13)14-8-15-12/h8,18H,2-7H2,1H3. The second-order valence-corrected chi connectivity index (χ2v) is 4.93. The van der Waals surface area contributed by atoms with E-state index in [0.717, 1.165) is 25.9 Å². The van der Waals surface area contributed by atoms with Gasteiger partial charge in [0.15, 0.2) is 0 Å². The number of anilines is 1. The van der Waals surface area contributed by atoms with Crippen LogP contribution in [0.1, 0.15) is 18.4 Å². The quantitative estimate of drug-likeness (QED) is 0.824. The Balaban J connectivity index is 2.09. The number of amides is 1. The minimum atomic E-state index is -0.253. The van der Waals surface area contributed by atoms with Gasteiger partial charge in [-0.25, -0.2) is 9.97 Å². The fraction of sp³-hybridized carbons (Fsp3) is 0.583. The van der Waals surface area contributed by atoms with E-state index in [1.165, 1.54) is 6.33 Å². The summed E-state index contributed by atoms with van der Waals surface area (Å²) in [5.74, 6) is 0.564. The molecule has 1 aliphatic heterocycles. The molecule has 19 heavy (non-hydrogen) atoms. The van der Waals surface area contributed by atoms with Crippen LogP contribution in [0.15, 0.2) is 6.33 Å². The van der Waals surface area contributed by atoms with E-state index < -0.39 is 0 Å². The summed E-state index contributed by atoms with van der Waals surface area (Å²) in [6.07, 6.45) is 3.46. The summed E-state index contributed by atoms with van der Waals surface area (Å²) in [5.41, 5.74) is 0.445. The van der Waals surface area contributed by atoms with Gasteiger partial charge in [-0.2, -0.15) is 0 Å². The number of hydrogen-bond acceptors (Lipinski definition) is 5. The Morgan fingerprint density at radius 3 is 2.79 bits per heavy atom. The second kappa shape index (κ2) is 6.16. The fourth-order valence-corrected chi connectivity index (χ4v) is 2.38. The number of likely N-dealkylation sites (tertiary alicyclic amines) is 1. The number of aliphatic hydroxyl groups excluding tert-OH is 1. The fourth-order valence-electron chi connectivity index (χ4n) is 2.19. The largest absolute Gasteiger partial charge is 0.391 e. The van der Waals surface area contributed by atoms with Crippen molar-refractivity contribution in [2.75, 3.05) is 31.6 Å². The molecule has 1 N–H and O–H groups in total. The first-order valence-corrected chi connectivity index (χ1v) is 6.60. The predicted octanol–water partition coefficient (Wildman–Crippen LogP) is 0.681. The maximum Gasteiger partial charge on any atom is 0.242 e. The molecular formula is C12H17ClN4O2. The van der Waals surface area contributed by atoms with Gasteiger partial charge in [0.05, 0.1) is 18.7 Å². The molecule has 1 amide bonds. The smallest absolute Gasteiger partial charge is 0.242 e. The molecule has 1 aliphatic rings. The third-order valence-electron chi connectivity index (χ3n) is 3.22. The van der Waals surface area contributed by atoms with Gasteiger partial charge in [0.25, 0.3) is 0 Å². The molecule has 1 saturated heterocycles. The number of nitrogens with zero attached hydrogens (tertiary/aromatic N) is 4. The van der Waals surface area contributed by atoms with E-state index >= 15 is 0 Å². The summed E-state index contributed by atoms with van der Waals surface area (Å²) in [6, 6.07) is 0. The summed E-state index contributed by atoms with van der Waals surface area (Å²) in [4.78, 5) is 23.5. The number of aliphatic hydroxyl groups is 1. The van der Waals surface area contributed by atoms with Crippen LogP contribution in [0.25, 0.3) is 0 Å². The molecule has 104 valence electrons. The number of likely N-dealkylation sites (N-methyl/N-ethyl adjacent to an activating group) is 1. The monoisotopic (exact) mass is 284 g/mol. The van der Waals surface area contributed by atoms with Crippen molar-refractivity contribution in [1.29, 1.82) is 0 Å². The van der Waals surface area contributed by atoms with Gasteiger partial charge in [0.1, 0.15) is 17.3 Å². The predicted molar refractivity (Wildman–Crippen MR) is 72.0 cm³/mol. The highest BCUT2D eigenvalue weighted by Gasteiger charge is 2.21. The maximum absolute atomic E-state index is 12.1. The lowest BCUT2D eigenvalue weighted by Gasteiger charge is -2.23. The highest BCUT2D eigenvalue weighted by molar-refractivity contribution is 6.30. The van der Waals surface area contributed by atoms with Gasteiger partial charge in [0, 0.05) is 20.1 Å². The number of aromatic nitrogens is 2. The molecule has 0 spiro atoms. The molecular weight excluding hydrogens is 268 g/mol. The van der Waals surface area contributed by atoms with Crippen molar-refractivity contribution in [1.82, 2.24) is 14.9 Å². The lowest BCUT2D eigenvalue weighted by molar-refractivity contribution is -0.128. The normalized spacial score (nSPS) is 14.8. The van der Waals surface area contributed by atoms with Crippen molar-refractivity contribution in [3.8, 4) is 0 Å². The average Bonchev–Trinajstić information content (AvgIpc) is 2.92. The minimum Gasteiger partial charge on any atom is -0.391 e. The second-order valence-electron chi connectivity index (χ2n) is 4.57. The number of hydrogen-bond donors (Lipinski definition) is 1. The van der Waals surface area contributed by atoms with E-state index in [1.54, 1.807) is 11.9 Å². The van der Waals surface area contributed by atoms with E-state index in [9.17, 15) is 9.90 Å². The van der Waals surface area contributed by atoms with Gasteiger partial charge in [-0.3, -0.25) is 4.79 Å². The molecule has 2 rings (SSSR count). The molecule has 0 aliphatic carbocycles. The summed E-state index contributed by atoms with van der Waals surface area (Å²) in [5, 5.41) is 9.52. The van der Waals surface area contributed by atoms with Crippen LogP contribution in [0.3, 0.4) is 0 Å². The Kier molecular flexibility index (Phi) is 4.55. The van der Waals surface area contributed by atoms with Crippen molar-refractivity contribution in [2.24, 2.45) is 0 Å². The van der Waals surface area contributed by atoms with Gasteiger partial charge in [0.2, 0.25) is 5.91 Å². The lowest BCUT2D eigenvalue weighted by Crippen LogP contribution is -2.38. The molecule has 2 heterocycles. The Hall–Kier alpha value is -1.40. The lowest BCUT2D eigenvalue weighted by atomic mass is 10.3. The van der Waals surface area contributed by atoms with E-state index in [1.807, 2.05) is 4.90 Å². The minimum absolute atomic E-state index is 0.0682. The van der Waals surface area contributed by atoms with E-state index in [0.29, 0.717) is 11.4 Å². The van der Waals surface area contributed by atoms with E-state index in [4.69, 9.17) is 11.6 Å². The first-order valence-electron chi connectivity index (χ1n) is 6.22. The molecule has 0 radical (unpaired) electrons. The van der Waals surface area contributed by atoms with Gasteiger partial charge in [-0.05, 0) is 12.8 Å². The Morgan fingerprint density at radius 1 is 1.47 bits per heavy atom. The van der Waals surface area contributed by atoms with Crippen LogP contribution < -0.4 is 4.90 Å². The van der Waals surface area contributed by atoms with Crippen LogP contribution in [-0.4, -0.2) is 52.6 Å². The number of carbonyl (C=O) groups excluding carboxylic acids is 1. The molecule has 1 fully saturated rings. The van der Waals surface area contributed by atoms with Crippen molar-refractivity contribution in [3.63, 3.8) is 0 Å². The number of halogens is 1. The van der Waals surface area contributed by atoms with Crippen molar-refractivity contribution in [2.45, 2.75) is 19.4 Å². The Morgan fingerprint density at radius 2 is 2.16 bits per heavy atom. The molecule has 7 heteroatoms. The SMILES string of the molecule is CN(CC(=O)N1CCCC1)c1ncnc(Cl)c1CO. The summed E-state index contributed by atoms with van der Waals surface area (Å²) < 4.78 is 0. The summed E-state index contributed by atoms with van der Waals surface area (Å²) in [7, 11) is 1.76. The van der Waals surface area contributed by atoms with Crippen LogP contribution >= 0.6 is 11.6 Å². The van der Waals surface area contributed by atoms with Crippen LogP contribution in [-0.2, 0) is 11.4 Å². The summed E-state index contributed by atoms with van der Waals surface area (Å²) in [6.45, 7) is 1.62. The first kappa shape index (κ1) is 14.0. The average molecular weight is 285 g/mol.